The number of hydrogen-bond donors (Lipinski definition) is 2. The Morgan fingerprint density at radius 2 is 2.06 bits per heavy atom. The summed E-state index contributed by atoms with van der Waals surface area (Å²) in [5, 5.41) is 11.4. The van der Waals surface area contributed by atoms with E-state index in [9.17, 15) is 9.59 Å². The van der Waals surface area contributed by atoms with E-state index in [1.807, 2.05) is 6.92 Å². The Bertz CT molecular complexity index is 476. The lowest BCUT2D eigenvalue weighted by molar-refractivity contribution is 0.0698. The van der Waals surface area contributed by atoms with Gasteiger partial charge >= 0.3 is 12.1 Å². The van der Waals surface area contributed by atoms with Gasteiger partial charge in [0.1, 0.15) is 0 Å². The number of nitrogens with one attached hydrogen (secondary N) is 1. The molecular weight excluding hydrogens is 281 g/mol. The van der Waals surface area contributed by atoms with E-state index in [4.69, 9.17) is 33.0 Å². The minimum absolute atomic E-state index is 0.0370. The van der Waals surface area contributed by atoms with E-state index in [0.29, 0.717) is 6.42 Å². The molecule has 0 radical (unpaired) electrons. The molecule has 0 aliphatic carbocycles. The predicted molar refractivity (Wildman–Crippen MR) is 68.7 cm³/mol. The Labute approximate surface area is 114 Å². The van der Waals surface area contributed by atoms with E-state index in [2.05, 4.69) is 5.32 Å². The highest BCUT2D eigenvalue weighted by Gasteiger charge is 2.18. The van der Waals surface area contributed by atoms with Gasteiger partial charge in [0.2, 0.25) is 0 Å². The molecule has 0 saturated heterocycles. The smallest absolute Gasteiger partial charge is 0.411 e. The van der Waals surface area contributed by atoms with Crippen molar-refractivity contribution in [3.63, 3.8) is 0 Å². The van der Waals surface area contributed by atoms with Crippen molar-refractivity contribution in [2.24, 2.45) is 0 Å². The largest absolute Gasteiger partial charge is 0.478 e. The lowest BCUT2D eigenvalue weighted by Gasteiger charge is -2.11. The molecule has 5 nitrogen and oxygen atoms in total. The SMILES string of the molecule is CCCOC(=O)Nc1c(C(=O)O)ccc(Cl)c1Cl. The maximum atomic E-state index is 11.4. The van der Waals surface area contributed by atoms with Gasteiger partial charge < -0.3 is 9.84 Å². The summed E-state index contributed by atoms with van der Waals surface area (Å²) in [4.78, 5) is 22.4. The van der Waals surface area contributed by atoms with Gasteiger partial charge in [-0.05, 0) is 18.6 Å². The molecule has 2 N–H and O–H groups in total. The number of rotatable bonds is 4. The van der Waals surface area contributed by atoms with Crippen LogP contribution >= 0.6 is 23.2 Å². The van der Waals surface area contributed by atoms with Crippen LogP contribution < -0.4 is 5.32 Å². The monoisotopic (exact) mass is 291 g/mol. The molecule has 0 unspecified atom stereocenters. The van der Waals surface area contributed by atoms with Crippen LogP contribution in [0, 0.1) is 0 Å². The quantitative estimate of drug-likeness (QED) is 0.888. The second-order valence-electron chi connectivity index (χ2n) is 3.35. The number of amides is 1. The van der Waals surface area contributed by atoms with Crippen LogP contribution in [-0.4, -0.2) is 23.8 Å². The van der Waals surface area contributed by atoms with Crippen LogP contribution in [0.3, 0.4) is 0 Å². The minimum atomic E-state index is -1.22. The molecule has 0 aromatic heterocycles. The molecule has 18 heavy (non-hydrogen) atoms. The van der Waals surface area contributed by atoms with Crippen LogP contribution in [0.15, 0.2) is 12.1 Å². The summed E-state index contributed by atoms with van der Waals surface area (Å²) in [6.07, 6.45) is -0.119. The number of benzene rings is 1. The molecule has 98 valence electrons. The minimum Gasteiger partial charge on any atom is -0.478 e. The highest BCUT2D eigenvalue weighted by Crippen LogP contribution is 2.33. The first-order valence-electron chi connectivity index (χ1n) is 5.12. The lowest BCUT2D eigenvalue weighted by Crippen LogP contribution is -2.17. The average Bonchev–Trinajstić information content (AvgIpc) is 2.32. The number of carboxylic acids is 1. The van der Waals surface area contributed by atoms with Crippen LogP contribution in [0.1, 0.15) is 23.7 Å². The topological polar surface area (TPSA) is 75.6 Å². The molecule has 1 aromatic rings. The molecule has 0 atom stereocenters. The van der Waals surface area contributed by atoms with Crippen molar-refractivity contribution in [1.29, 1.82) is 0 Å². The third-order valence-electron chi connectivity index (χ3n) is 1.99. The van der Waals surface area contributed by atoms with Gasteiger partial charge in [-0.2, -0.15) is 0 Å². The van der Waals surface area contributed by atoms with Gasteiger partial charge in [0.15, 0.2) is 0 Å². The Morgan fingerprint density at radius 1 is 1.39 bits per heavy atom. The van der Waals surface area contributed by atoms with Crippen molar-refractivity contribution in [3.8, 4) is 0 Å². The van der Waals surface area contributed by atoms with Gasteiger partial charge in [-0.3, -0.25) is 5.32 Å². The Balaban J connectivity index is 3.02. The van der Waals surface area contributed by atoms with Gasteiger partial charge in [-0.1, -0.05) is 30.1 Å². The van der Waals surface area contributed by atoms with Gasteiger partial charge in [-0.25, -0.2) is 9.59 Å². The normalized spacial score (nSPS) is 9.94. The van der Waals surface area contributed by atoms with E-state index in [1.54, 1.807) is 0 Å². The maximum Gasteiger partial charge on any atom is 0.411 e. The summed E-state index contributed by atoms with van der Waals surface area (Å²) >= 11 is 11.6. The van der Waals surface area contributed by atoms with Gasteiger partial charge in [0.25, 0.3) is 0 Å². The molecule has 1 rings (SSSR count). The fourth-order valence-electron chi connectivity index (χ4n) is 1.18. The van der Waals surface area contributed by atoms with E-state index >= 15 is 0 Å². The zero-order valence-electron chi connectivity index (χ0n) is 9.50. The molecule has 1 amide bonds. The third kappa shape index (κ3) is 3.51. The summed E-state index contributed by atoms with van der Waals surface area (Å²) in [5.41, 5.74) is -0.226. The lowest BCUT2D eigenvalue weighted by atomic mass is 10.2. The highest BCUT2D eigenvalue weighted by molar-refractivity contribution is 6.44. The number of aromatic carboxylic acids is 1. The summed E-state index contributed by atoms with van der Waals surface area (Å²) < 4.78 is 4.78. The van der Waals surface area contributed by atoms with E-state index in [-0.39, 0.29) is 27.9 Å². The zero-order valence-corrected chi connectivity index (χ0v) is 11.0. The Kier molecular flexibility index (Phi) is 5.25. The molecule has 0 aliphatic rings. The summed E-state index contributed by atoms with van der Waals surface area (Å²) in [5.74, 6) is -1.22. The molecule has 0 bridgehead atoms. The first kappa shape index (κ1) is 14.6. The second-order valence-corrected chi connectivity index (χ2v) is 4.14. The van der Waals surface area contributed by atoms with Crippen molar-refractivity contribution in [2.75, 3.05) is 11.9 Å². The van der Waals surface area contributed by atoms with Crippen molar-refractivity contribution in [3.05, 3.63) is 27.7 Å². The standard InChI is InChI=1S/C11H11Cl2NO4/c1-2-5-18-11(17)14-9-6(10(15)16)3-4-7(12)8(9)13/h3-4H,2,5H2,1H3,(H,14,17)(H,15,16). The van der Waals surface area contributed by atoms with Gasteiger partial charge in [0.05, 0.1) is 27.9 Å². The van der Waals surface area contributed by atoms with E-state index in [0.717, 1.165) is 0 Å². The maximum absolute atomic E-state index is 11.4. The van der Waals surface area contributed by atoms with E-state index in [1.165, 1.54) is 12.1 Å². The molecule has 7 heteroatoms. The number of ether oxygens (including phenoxy) is 1. The molecule has 0 saturated carbocycles. The van der Waals surface area contributed by atoms with E-state index < -0.39 is 12.1 Å². The number of hydrogen-bond acceptors (Lipinski definition) is 3. The third-order valence-corrected chi connectivity index (χ3v) is 2.79. The Morgan fingerprint density at radius 3 is 2.61 bits per heavy atom. The van der Waals surface area contributed by atoms with Crippen molar-refractivity contribution in [2.45, 2.75) is 13.3 Å². The number of carbonyl (C=O) groups excluding carboxylic acids is 1. The van der Waals surface area contributed by atoms with Crippen LogP contribution in [0.5, 0.6) is 0 Å². The van der Waals surface area contributed by atoms with Crippen LogP contribution in [0.25, 0.3) is 0 Å². The first-order chi connectivity index (χ1) is 8.47. The molecule has 0 heterocycles. The van der Waals surface area contributed by atoms with Gasteiger partial charge in [-0.15, -0.1) is 0 Å². The number of carbonyl (C=O) groups is 2. The summed E-state index contributed by atoms with van der Waals surface area (Å²) in [6.45, 7) is 2.06. The zero-order chi connectivity index (χ0) is 13.7. The summed E-state index contributed by atoms with van der Waals surface area (Å²) in [6, 6.07) is 2.60. The van der Waals surface area contributed by atoms with Crippen LogP contribution in [0.2, 0.25) is 10.0 Å². The Hall–Kier alpha value is -1.46. The number of halogens is 2. The average molecular weight is 292 g/mol. The van der Waals surface area contributed by atoms with Gasteiger partial charge in [0, 0.05) is 0 Å². The van der Waals surface area contributed by atoms with Crippen molar-refractivity contribution in [1.82, 2.24) is 0 Å². The summed E-state index contributed by atoms with van der Waals surface area (Å²) in [7, 11) is 0. The number of anilines is 1. The second kappa shape index (κ2) is 6.47. The highest BCUT2D eigenvalue weighted by atomic mass is 35.5. The fourth-order valence-corrected chi connectivity index (χ4v) is 1.55. The van der Waals surface area contributed by atoms with Crippen molar-refractivity contribution >= 4 is 41.0 Å². The van der Waals surface area contributed by atoms with Crippen molar-refractivity contribution < 1.29 is 19.4 Å². The van der Waals surface area contributed by atoms with Crippen LogP contribution in [-0.2, 0) is 4.74 Å². The molecule has 0 spiro atoms. The van der Waals surface area contributed by atoms with Crippen LogP contribution in [0.4, 0.5) is 10.5 Å². The molecule has 1 aromatic carbocycles. The molecule has 0 aliphatic heterocycles. The fraction of sp³-hybridized carbons (Fsp3) is 0.273. The first-order valence-corrected chi connectivity index (χ1v) is 5.88. The molecule has 0 fully saturated rings. The number of carboxylic acid groups (broad SMARTS) is 1. The molecular formula is C11H11Cl2NO4. The predicted octanol–water partition coefficient (Wildman–Crippen LogP) is 3.65.